The van der Waals surface area contributed by atoms with Crippen LogP contribution in [0.1, 0.15) is 64.7 Å². The summed E-state index contributed by atoms with van der Waals surface area (Å²) in [4.78, 5) is 10.4. The van der Waals surface area contributed by atoms with Crippen LogP contribution in [0.3, 0.4) is 0 Å². The summed E-state index contributed by atoms with van der Waals surface area (Å²) in [6, 6.07) is 0. The normalized spacial score (nSPS) is 12.0. The number of carboxylic acid groups (broad SMARTS) is 1. The van der Waals surface area contributed by atoms with Crippen molar-refractivity contribution in [1.82, 2.24) is 0 Å². The van der Waals surface area contributed by atoms with Gasteiger partial charge in [0.1, 0.15) is 0 Å². The molecular weight excluding hydrogens is 200 g/mol. The predicted octanol–water partition coefficient (Wildman–Crippen LogP) is 3.85. The van der Waals surface area contributed by atoms with Crippen molar-refractivity contribution in [3.63, 3.8) is 0 Å². The van der Waals surface area contributed by atoms with E-state index in [0.29, 0.717) is 12.3 Å². The Labute approximate surface area is 99.4 Å². The van der Waals surface area contributed by atoms with Crippen molar-refractivity contribution in [3.8, 4) is 12.3 Å². The molecule has 1 atom stereocenters. The fraction of sp³-hybridized carbons (Fsp3) is 0.786. The Morgan fingerprint density at radius 3 is 2.31 bits per heavy atom. The summed E-state index contributed by atoms with van der Waals surface area (Å²) in [5, 5.41) is 8.59. The SMILES string of the molecule is C#CCCCCCCCCC(C)CC(=O)O. The molecule has 0 aliphatic rings. The molecule has 0 heterocycles. The van der Waals surface area contributed by atoms with E-state index in [1.54, 1.807) is 0 Å². The second-order valence-corrected chi connectivity index (χ2v) is 4.57. The van der Waals surface area contributed by atoms with Crippen LogP contribution in [0.4, 0.5) is 0 Å². The van der Waals surface area contributed by atoms with E-state index >= 15 is 0 Å². The maximum Gasteiger partial charge on any atom is 0.303 e. The molecule has 16 heavy (non-hydrogen) atoms. The summed E-state index contributed by atoms with van der Waals surface area (Å²) in [5.41, 5.74) is 0. The second kappa shape index (κ2) is 10.5. The van der Waals surface area contributed by atoms with Gasteiger partial charge < -0.3 is 5.11 Å². The van der Waals surface area contributed by atoms with Crippen molar-refractivity contribution >= 4 is 5.97 Å². The van der Waals surface area contributed by atoms with Crippen LogP contribution in [0, 0.1) is 18.3 Å². The molecule has 0 rings (SSSR count). The highest BCUT2D eigenvalue weighted by Gasteiger charge is 2.06. The quantitative estimate of drug-likeness (QED) is 0.452. The number of carboxylic acids is 1. The molecule has 0 aromatic rings. The highest BCUT2D eigenvalue weighted by Crippen LogP contribution is 2.14. The molecule has 0 aromatic carbocycles. The zero-order valence-corrected chi connectivity index (χ0v) is 10.4. The van der Waals surface area contributed by atoms with Crippen LogP contribution in [0.5, 0.6) is 0 Å². The van der Waals surface area contributed by atoms with Crippen molar-refractivity contribution in [3.05, 3.63) is 0 Å². The molecular formula is C14H24O2. The summed E-state index contributed by atoms with van der Waals surface area (Å²) >= 11 is 0. The first-order valence-electron chi connectivity index (χ1n) is 6.32. The highest BCUT2D eigenvalue weighted by molar-refractivity contribution is 5.66. The largest absolute Gasteiger partial charge is 0.481 e. The Hall–Kier alpha value is -0.970. The first-order valence-corrected chi connectivity index (χ1v) is 6.32. The monoisotopic (exact) mass is 224 g/mol. The first kappa shape index (κ1) is 15.0. The van der Waals surface area contributed by atoms with Crippen LogP contribution in [0.25, 0.3) is 0 Å². The van der Waals surface area contributed by atoms with Crippen molar-refractivity contribution in [2.24, 2.45) is 5.92 Å². The minimum Gasteiger partial charge on any atom is -0.481 e. The Morgan fingerprint density at radius 1 is 1.19 bits per heavy atom. The van der Waals surface area contributed by atoms with Gasteiger partial charge in [-0.3, -0.25) is 4.79 Å². The van der Waals surface area contributed by atoms with Gasteiger partial charge in [0, 0.05) is 12.8 Å². The molecule has 0 aliphatic carbocycles. The molecule has 0 aliphatic heterocycles. The van der Waals surface area contributed by atoms with E-state index in [2.05, 4.69) is 5.92 Å². The number of hydrogen-bond acceptors (Lipinski definition) is 1. The van der Waals surface area contributed by atoms with Gasteiger partial charge in [0.25, 0.3) is 0 Å². The lowest BCUT2D eigenvalue weighted by atomic mass is 9.99. The maximum absolute atomic E-state index is 10.4. The van der Waals surface area contributed by atoms with E-state index in [0.717, 1.165) is 25.7 Å². The van der Waals surface area contributed by atoms with E-state index in [1.165, 1.54) is 25.7 Å². The van der Waals surface area contributed by atoms with Gasteiger partial charge in [-0.25, -0.2) is 0 Å². The van der Waals surface area contributed by atoms with Crippen LogP contribution >= 0.6 is 0 Å². The van der Waals surface area contributed by atoms with Gasteiger partial charge in [-0.05, 0) is 12.3 Å². The van der Waals surface area contributed by atoms with Crippen LogP contribution < -0.4 is 0 Å². The van der Waals surface area contributed by atoms with Crippen LogP contribution in [-0.4, -0.2) is 11.1 Å². The smallest absolute Gasteiger partial charge is 0.303 e. The Balaban J connectivity index is 3.15. The number of terminal acetylenes is 1. The number of unbranched alkanes of at least 4 members (excludes halogenated alkanes) is 6. The molecule has 0 amide bonds. The van der Waals surface area contributed by atoms with Crippen molar-refractivity contribution in [2.75, 3.05) is 0 Å². The van der Waals surface area contributed by atoms with Gasteiger partial charge in [0.15, 0.2) is 0 Å². The third kappa shape index (κ3) is 11.1. The van der Waals surface area contributed by atoms with E-state index in [1.807, 2.05) is 6.92 Å². The summed E-state index contributed by atoms with van der Waals surface area (Å²) in [5.74, 6) is 2.29. The fourth-order valence-electron chi connectivity index (χ4n) is 1.83. The van der Waals surface area contributed by atoms with Crippen LogP contribution in [0.15, 0.2) is 0 Å². The van der Waals surface area contributed by atoms with Gasteiger partial charge in [-0.2, -0.15) is 0 Å². The second-order valence-electron chi connectivity index (χ2n) is 4.57. The Kier molecular flexibility index (Phi) is 9.91. The average molecular weight is 224 g/mol. The van der Waals surface area contributed by atoms with Gasteiger partial charge in [-0.1, -0.05) is 45.4 Å². The van der Waals surface area contributed by atoms with Crippen molar-refractivity contribution in [1.29, 1.82) is 0 Å². The fourth-order valence-corrected chi connectivity index (χ4v) is 1.83. The molecule has 0 fully saturated rings. The maximum atomic E-state index is 10.4. The zero-order valence-electron chi connectivity index (χ0n) is 10.4. The first-order chi connectivity index (χ1) is 7.66. The van der Waals surface area contributed by atoms with Gasteiger partial charge in [0.05, 0.1) is 0 Å². The minimum atomic E-state index is -0.679. The van der Waals surface area contributed by atoms with E-state index < -0.39 is 5.97 Å². The highest BCUT2D eigenvalue weighted by atomic mass is 16.4. The molecule has 0 bridgehead atoms. The van der Waals surface area contributed by atoms with Crippen molar-refractivity contribution in [2.45, 2.75) is 64.7 Å². The van der Waals surface area contributed by atoms with Gasteiger partial charge in [-0.15, -0.1) is 12.3 Å². The lowest BCUT2D eigenvalue weighted by molar-refractivity contribution is -0.138. The summed E-state index contributed by atoms with van der Waals surface area (Å²) in [6.07, 6.45) is 14.7. The lowest BCUT2D eigenvalue weighted by Crippen LogP contribution is -2.03. The molecule has 2 nitrogen and oxygen atoms in total. The topological polar surface area (TPSA) is 37.3 Å². The molecule has 1 N–H and O–H groups in total. The molecule has 0 radical (unpaired) electrons. The average Bonchev–Trinajstić information content (AvgIpc) is 2.21. The van der Waals surface area contributed by atoms with Crippen LogP contribution in [-0.2, 0) is 4.79 Å². The summed E-state index contributed by atoms with van der Waals surface area (Å²) < 4.78 is 0. The minimum absolute atomic E-state index is 0.308. The van der Waals surface area contributed by atoms with E-state index in [4.69, 9.17) is 11.5 Å². The van der Waals surface area contributed by atoms with Gasteiger partial charge >= 0.3 is 5.97 Å². The zero-order chi connectivity index (χ0) is 12.2. The lowest BCUT2D eigenvalue weighted by Gasteiger charge is -2.07. The molecule has 0 saturated carbocycles. The molecule has 92 valence electrons. The van der Waals surface area contributed by atoms with E-state index in [-0.39, 0.29) is 0 Å². The standard InChI is InChI=1S/C14H24O2/c1-3-4-5-6-7-8-9-10-11-13(2)12-14(15)16/h1,13H,4-12H2,2H3,(H,15,16). The number of carbonyl (C=O) groups is 1. The van der Waals surface area contributed by atoms with E-state index in [9.17, 15) is 4.79 Å². The number of rotatable bonds is 10. The molecule has 0 spiro atoms. The number of hydrogen-bond donors (Lipinski definition) is 1. The number of aliphatic carboxylic acids is 1. The molecule has 0 saturated heterocycles. The third-order valence-electron chi connectivity index (χ3n) is 2.79. The summed E-state index contributed by atoms with van der Waals surface area (Å²) in [7, 11) is 0. The third-order valence-corrected chi connectivity index (χ3v) is 2.79. The molecule has 2 heteroatoms. The summed E-state index contributed by atoms with van der Waals surface area (Å²) in [6.45, 7) is 2.01. The Bertz CT molecular complexity index is 215. The van der Waals surface area contributed by atoms with Crippen molar-refractivity contribution < 1.29 is 9.90 Å². The van der Waals surface area contributed by atoms with Gasteiger partial charge in [0.2, 0.25) is 0 Å². The Morgan fingerprint density at radius 2 is 1.75 bits per heavy atom. The predicted molar refractivity (Wildman–Crippen MR) is 67.2 cm³/mol. The molecule has 0 aromatic heterocycles. The van der Waals surface area contributed by atoms with Crippen LogP contribution in [0.2, 0.25) is 0 Å². The molecule has 1 unspecified atom stereocenters.